The van der Waals surface area contributed by atoms with Gasteiger partial charge in [0.15, 0.2) is 9.84 Å². The molecule has 1 aromatic carbocycles. The van der Waals surface area contributed by atoms with Gasteiger partial charge in [-0.1, -0.05) is 24.3 Å². The Bertz CT molecular complexity index is 715. The summed E-state index contributed by atoms with van der Waals surface area (Å²) in [6.07, 6.45) is 5.69. The van der Waals surface area contributed by atoms with Gasteiger partial charge in [0.1, 0.15) is 5.75 Å². The summed E-state index contributed by atoms with van der Waals surface area (Å²) in [7, 11) is -3.52. The Kier molecular flexibility index (Phi) is 4.97. The highest BCUT2D eigenvalue weighted by molar-refractivity contribution is 7.92. The molecular weight excluding hydrogens is 326 g/mol. The van der Waals surface area contributed by atoms with Gasteiger partial charge in [0.05, 0.1) is 5.75 Å². The van der Waals surface area contributed by atoms with Crippen molar-refractivity contribution in [2.24, 2.45) is 0 Å². The quantitative estimate of drug-likeness (QED) is 0.876. The molecule has 1 atom stereocenters. The molecule has 6 heteroatoms. The summed E-state index contributed by atoms with van der Waals surface area (Å²) in [6, 6.07) is 8.64. The number of hydrogen-bond acceptors (Lipinski definition) is 4. The van der Waals surface area contributed by atoms with Gasteiger partial charge in [-0.25, -0.2) is 8.42 Å². The fourth-order valence-corrected chi connectivity index (χ4v) is 5.43. The Balaban J connectivity index is 1.71. The van der Waals surface area contributed by atoms with Gasteiger partial charge in [0.25, 0.3) is 0 Å². The largest absolute Gasteiger partial charge is 0.480 e. The average molecular weight is 351 g/mol. The van der Waals surface area contributed by atoms with Crippen molar-refractivity contribution in [3.05, 3.63) is 35.4 Å². The molecule has 0 aromatic heterocycles. The summed E-state index contributed by atoms with van der Waals surface area (Å²) in [5.41, 5.74) is 3.02. The molecule has 0 radical (unpaired) electrons. The van der Waals surface area contributed by atoms with Crippen LogP contribution in [0.3, 0.4) is 0 Å². The molecule has 0 amide bonds. The number of benzene rings is 1. The second-order valence-corrected chi connectivity index (χ2v) is 9.34. The molecule has 1 aromatic rings. The van der Waals surface area contributed by atoms with E-state index < -0.39 is 21.6 Å². The van der Waals surface area contributed by atoms with E-state index in [-0.39, 0.29) is 11.2 Å². The lowest BCUT2D eigenvalue weighted by Crippen LogP contribution is -2.49. The number of nitrogens with zero attached hydrogens (tertiary/aromatic N) is 1. The Morgan fingerprint density at radius 2 is 1.96 bits per heavy atom. The number of aliphatic carboxylic acids is 1. The number of rotatable bonds is 5. The smallest absolute Gasteiger partial charge is 0.318 e. The minimum absolute atomic E-state index is 0.0724. The van der Waals surface area contributed by atoms with E-state index in [0.717, 1.165) is 38.8 Å². The molecular formula is C18H25NO4S. The van der Waals surface area contributed by atoms with Crippen LogP contribution in [-0.2, 0) is 26.5 Å². The molecule has 3 rings (SSSR count). The van der Waals surface area contributed by atoms with Crippen molar-refractivity contribution in [1.29, 1.82) is 0 Å². The van der Waals surface area contributed by atoms with Crippen LogP contribution in [0.1, 0.15) is 36.8 Å². The number of piperidine rings is 1. The molecule has 5 nitrogen and oxygen atoms in total. The molecule has 0 saturated carbocycles. The third-order valence-electron chi connectivity index (χ3n) is 5.41. The standard InChI is InChI=1S/C18H25NO4S/c20-17(21)13-24(22,23)12-11-19-10-4-9-18(14-19)8-3-6-15-5-1-2-7-16(15)18/h1-2,5,7H,3-4,6,8-14H2,(H,20,21). The molecule has 1 aliphatic heterocycles. The SMILES string of the molecule is O=C(O)CS(=O)(=O)CCN1CCCC2(CCCc3ccccc32)C1. The molecule has 1 saturated heterocycles. The number of likely N-dealkylation sites (tertiary alicyclic amines) is 1. The van der Waals surface area contributed by atoms with E-state index in [4.69, 9.17) is 5.11 Å². The summed E-state index contributed by atoms with van der Waals surface area (Å²) in [5, 5.41) is 8.70. The molecule has 24 heavy (non-hydrogen) atoms. The highest BCUT2D eigenvalue weighted by Crippen LogP contribution is 2.43. The topological polar surface area (TPSA) is 74.7 Å². The molecule has 1 N–H and O–H groups in total. The minimum atomic E-state index is -3.52. The summed E-state index contributed by atoms with van der Waals surface area (Å²) < 4.78 is 23.7. The van der Waals surface area contributed by atoms with E-state index in [9.17, 15) is 13.2 Å². The van der Waals surface area contributed by atoms with Gasteiger partial charge in [0, 0.05) is 18.5 Å². The van der Waals surface area contributed by atoms with E-state index in [1.807, 2.05) is 0 Å². The van der Waals surface area contributed by atoms with E-state index in [2.05, 4.69) is 29.2 Å². The highest BCUT2D eigenvalue weighted by atomic mass is 32.2. The maximum absolute atomic E-state index is 11.8. The van der Waals surface area contributed by atoms with E-state index in [1.165, 1.54) is 17.5 Å². The average Bonchev–Trinajstić information content (AvgIpc) is 2.53. The molecule has 1 unspecified atom stereocenters. The molecule has 2 aliphatic rings. The van der Waals surface area contributed by atoms with Gasteiger partial charge < -0.3 is 10.0 Å². The van der Waals surface area contributed by atoms with Gasteiger partial charge in [-0.05, 0) is 49.8 Å². The third-order valence-corrected chi connectivity index (χ3v) is 6.90. The van der Waals surface area contributed by atoms with Crippen molar-refractivity contribution in [3.63, 3.8) is 0 Å². The van der Waals surface area contributed by atoms with E-state index in [1.54, 1.807) is 0 Å². The number of fused-ring (bicyclic) bond motifs is 2. The second-order valence-electron chi connectivity index (χ2n) is 7.16. The molecule has 1 spiro atoms. The Morgan fingerprint density at radius 1 is 1.21 bits per heavy atom. The van der Waals surface area contributed by atoms with Crippen LogP contribution in [0.2, 0.25) is 0 Å². The fourth-order valence-electron chi connectivity index (χ4n) is 4.38. The van der Waals surface area contributed by atoms with Crippen molar-refractivity contribution in [1.82, 2.24) is 4.90 Å². The Morgan fingerprint density at radius 3 is 2.75 bits per heavy atom. The zero-order chi connectivity index (χ0) is 17.2. The van der Waals surface area contributed by atoms with Crippen molar-refractivity contribution >= 4 is 15.8 Å². The van der Waals surface area contributed by atoms with Gasteiger partial charge >= 0.3 is 5.97 Å². The summed E-state index contributed by atoms with van der Waals surface area (Å²) in [6.45, 7) is 2.21. The monoisotopic (exact) mass is 351 g/mol. The Hall–Kier alpha value is -1.40. The van der Waals surface area contributed by atoms with Crippen molar-refractivity contribution < 1.29 is 18.3 Å². The second kappa shape index (κ2) is 6.84. The van der Waals surface area contributed by atoms with Gasteiger partial charge in [-0.3, -0.25) is 4.79 Å². The van der Waals surface area contributed by atoms with Crippen LogP contribution in [0, 0.1) is 0 Å². The third kappa shape index (κ3) is 3.81. The normalized spacial score (nSPS) is 24.7. The van der Waals surface area contributed by atoms with Crippen molar-refractivity contribution in [3.8, 4) is 0 Å². The van der Waals surface area contributed by atoms with Gasteiger partial charge in [-0.2, -0.15) is 0 Å². The van der Waals surface area contributed by atoms with Crippen LogP contribution in [0.4, 0.5) is 0 Å². The summed E-state index contributed by atoms with van der Waals surface area (Å²) in [4.78, 5) is 12.9. The predicted molar refractivity (Wildman–Crippen MR) is 93.0 cm³/mol. The number of sulfone groups is 1. The van der Waals surface area contributed by atoms with Gasteiger partial charge in [0.2, 0.25) is 0 Å². The maximum atomic E-state index is 11.8. The number of aryl methyl sites for hydroxylation is 1. The van der Waals surface area contributed by atoms with Gasteiger partial charge in [-0.15, -0.1) is 0 Å². The van der Waals surface area contributed by atoms with Crippen LogP contribution >= 0.6 is 0 Å². The molecule has 1 aliphatic carbocycles. The number of carboxylic acid groups (broad SMARTS) is 1. The van der Waals surface area contributed by atoms with E-state index >= 15 is 0 Å². The predicted octanol–water partition coefficient (Wildman–Crippen LogP) is 1.86. The number of hydrogen-bond donors (Lipinski definition) is 1. The number of carbonyl (C=O) groups is 1. The molecule has 132 valence electrons. The molecule has 1 heterocycles. The van der Waals surface area contributed by atoms with Crippen LogP contribution < -0.4 is 0 Å². The van der Waals surface area contributed by atoms with Crippen LogP contribution in [0.15, 0.2) is 24.3 Å². The van der Waals surface area contributed by atoms with Crippen molar-refractivity contribution in [2.75, 3.05) is 31.1 Å². The van der Waals surface area contributed by atoms with Crippen LogP contribution in [0.25, 0.3) is 0 Å². The lowest BCUT2D eigenvalue weighted by Gasteiger charge is -2.46. The number of carboxylic acids is 1. The van der Waals surface area contributed by atoms with Crippen LogP contribution in [-0.4, -0.2) is 55.5 Å². The zero-order valence-electron chi connectivity index (χ0n) is 13.9. The molecule has 0 bridgehead atoms. The lowest BCUT2D eigenvalue weighted by molar-refractivity contribution is -0.134. The minimum Gasteiger partial charge on any atom is -0.480 e. The first kappa shape index (κ1) is 17.4. The first-order chi connectivity index (χ1) is 11.4. The maximum Gasteiger partial charge on any atom is 0.318 e. The summed E-state index contributed by atoms with van der Waals surface area (Å²) >= 11 is 0. The highest BCUT2D eigenvalue weighted by Gasteiger charge is 2.40. The lowest BCUT2D eigenvalue weighted by atomic mass is 9.66. The van der Waals surface area contributed by atoms with E-state index in [0.29, 0.717) is 6.54 Å². The fraction of sp³-hybridized carbons (Fsp3) is 0.611. The zero-order valence-corrected chi connectivity index (χ0v) is 14.7. The first-order valence-electron chi connectivity index (χ1n) is 8.63. The Labute approximate surface area is 143 Å². The summed E-state index contributed by atoms with van der Waals surface area (Å²) in [5.74, 6) is -2.11. The first-order valence-corrected chi connectivity index (χ1v) is 10.5. The van der Waals surface area contributed by atoms with Crippen LogP contribution in [0.5, 0.6) is 0 Å². The van der Waals surface area contributed by atoms with Crippen molar-refractivity contribution in [2.45, 2.75) is 37.5 Å². The molecule has 1 fully saturated rings.